The Labute approximate surface area is 94.5 Å². The van der Waals surface area contributed by atoms with E-state index in [1.54, 1.807) is 6.20 Å². The van der Waals surface area contributed by atoms with E-state index in [2.05, 4.69) is 9.88 Å². The first-order valence-electron chi connectivity index (χ1n) is 4.41. The minimum Gasteiger partial charge on any atom is -0.396 e. The SMILES string of the molecule is Cl.Nc1cccnc1N1CCSCC1. The van der Waals surface area contributed by atoms with Gasteiger partial charge in [-0.3, -0.25) is 0 Å². The highest BCUT2D eigenvalue weighted by molar-refractivity contribution is 7.99. The molecule has 2 N–H and O–H groups in total. The summed E-state index contributed by atoms with van der Waals surface area (Å²) in [6, 6.07) is 3.78. The molecule has 1 saturated heterocycles. The molecule has 1 aromatic rings. The van der Waals surface area contributed by atoms with Crippen molar-refractivity contribution in [3.63, 3.8) is 0 Å². The molecule has 1 aliphatic heterocycles. The Kier molecular flexibility index (Phi) is 4.35. The second-order valence-corrected chi connectivity index (χ2v) is 4.24. The van der Waals surface area contributed by atoms with Gasteiger partial charge < -0.3 is 10.6 Å². The van der Waals surface area contributed by atoms with Crippen LogP contribution in [0.4, 0.5) is 11.5 Å². The van der Waals surface area contributed by atoms with Gasteiger partial charge in [-0.25, -0.2) is 4.98 Å². The summed E-state index contributed by atoms with van der Waals surface area (Å²) in [4.78, 5) is 6.55. The quantitative estimate of drug-likeness (QED) is 0.798. The second kappa shape index (κ2) is 5.32. The van der Waals surface area contributed by atoms with Crippen molar-refractivity contribution in [1.82, 2.24) is 4.98 Å². The van der Waals surface area contributed by atoms with Gasteiger partial charge in [-0.1, -0.05) is 0 Å². The molecule has 0 radical (unpaired) electrons. The molecule has 0 bridgehead atoms. The number of thioether (sulfide) groups is 1. The topological polar surface area (TPSA) is 42.1 Å². The number of nitrogen functional groups attached to an aromatic ring is 1. The van der Waals surface area contributed by atoms with Crippen LogP contribution in [0.2, 0.25) is 0 Å². The van der Waals surface area contributed by atoms with Gasteiger partial charge in [0.1, 0.15) is 0 Å². The van der Waals surface area contributed by atoms with Crippen molar-refractivity contribution in [1.29, 1.82) is 0 Å². The number of rotatable bonds is 1. The number of nitrogens with zero attached hydrogens (tertiary/aromatic N) is 2. The number of hydrogen-bond acceptors (Lipinski definition) is 4. The number of aromatic nitrogens is 1. The van der Waals surface area contributed by atoms with E-state index in [1.165, 1.54) is 11.5 Å². The van der Waals surface area contributed by atoms with E-state index in [0.717, 1.165) is 24.6 Å². The van der Waals surface area contributed by atoms with E-state index in [9.17, 15) is 0 Å². The molecule has 14 heavy (non-hydrogen) atoms. The molecule has 0 unspecified atom stereocenters. The average molecular weight is 232 g/mol. The zero-order chi connectivity index (χ0) is 9.10. The molecular weight excluding hydrogens is 218 g/mol. The lowest BCUT2D eigenvalue weighted by molar-refractivity contribution is 0.841. The van der Waals surface area contributed by atoms with Gasteiger partial charge in [0.25, 0.3) is 0 Å². The third-order valence-electron chi connectivity index (χ3n) is 2.13. The molecule has 0 atom stereocenters. The van der Waals surface area contributed by atoms with Crippen molar-refractivity contribution in [2.24, 2.45) is 0 Å². The summed E-state index contributed by atoms with van der Waals surface area (Å²) in [6.07, 6.45) is 1.80. The number of anilines is 2. The van der Waals surface area contributed by atoms with Gasteiger partial charge in [0.05, 0.1) is 5.69 Å². The van der Waals surface area contributed by atoms with E-state index in [4.69, 9.17) is 5.73 Å². The van der Waals surface area contributed by atoms with Crippen LogP contribution in [-0.4, -0.2) is 29.6 Å². The molecule has 2 rings (SSSR count). The van der Waals surface area contributed by atoms with Crippen LogP contribution in [0.3, 0.4) is 0 Å². The molecule has 0 saturated carbocycles. The maximum atomic E-state index is 5.84. The van der Waals surface area contributed by atoms with Crippen LogP contribution in [0.5, 0.6) is 0 Å². The summed E-state index contributed by atoms with van der Waals surface area (Å²) in [6.45, 7) is 2.12. The molecule has 3 nitrogen and oxygen atoms in total. The highest BCUT2D eigenvalue weighted by Gasteiger charge is 2.13. The Balaban J connectivity index is 0.000000980. The van der Waals surface area contributed by atoms with Crippen LogP contribution in [0.25, 0.3) is 0 Å². The maximum absolute atomic E-state index is 5.84. The summed E-state index contributed by atoms with van der Waals surface area (Å²) in [7, 11) is 0. The summed E-state index contributed by atoms with van der Waals surface area (Å²) < 4.78 is 0. The first-order chi connectivity index (χ1) is 6.38. The van der Waals surface area contributed by atoms with Crippen LogP contribution >= 0.6 is 24.2 Å². The largest absolute Gasteiger partial charge is 0.396 e. The number of halogens is 1. The average Bonchev–Trinajstić information content (AvgIpc) is 2.20. The third-order valence-corrected chi connectivity index (χ3v) is 3.07. The van der Waals surface area contributed by atoms with Gasteiger partial charge in [-0.2, -0.15) is 11.8 Å². The Bertz CT molecular complexity index is 289. The Morgan fingerprint density at radius 1 is 1.36 bits per heavy atom. The van der Waals surface area contributed by atoms with Crippen LogP contribution in [-0.2, 0) is 0 Å². The minimum absolute atomic E-state index is 0. The number of hydrogen-bond donors (Lipinski definition) is 1. The van der Waals surface area contributed by atoms with Crippen molar-refractivity contribution >= 4 is 35.7 Å². The van der Waals surface area contributed by atoms with Crippen molar-refractivity contribution in [2.45, 2.75) is 0 Å². The number of nitrogens with two attached hydrogens (primary N) is 1. The summed E-state index contributed by atoms with van der Waals surface area (Å²) in [5.74, 6) is 3.30. The molecule has 0 aromatic carbocycles. The Hall–Kier alpha value is -0.610. The summed E-state index contributed by atoms with van der Waals surface area (Å²) >= 11 is 1.99. The monoisotopic (exact) mass is 231 g/mol. The predicted octanol–water partition coefficient (Wildman–Crippen LogP) is 1.64. The van der Waals surface area contributed by atoms with Gasteiger partial charge in [0.2, 0.25) is 0 Å². The molecule has 5 heteroatoms. The zero-order valence-corrected chi connectivity index (χ0v) is 9.48. The molecule has 1 fully saturated rings. The molecule has 1 aromatic heterocycles. The molecule has 2 heterocycles. The first kappa shape index (κ1) is 11.5. The zero-order valence-electron chi connectivity index (χ0n) is 7.85. The van der Waals surface area contributed by atoms with Crippen molar-refractivity contribution in [3.05, 3.63) is 18.3 Å². The third kappa shape index (κ3) is 2.45. The van der Waals surface area contributed by atoms with Crippen molar-refractivity contribution < 1.29 is 0 Å². The molecule has 0 spiro atoms. The van der Waals surface area contributed by atoms with Crippen LogP contribution < -0.4 is 10.6 Å². The highest BCUT2D eigenvalue weighted by Crippen LogP contribution is 2.22. The van der Waals surface area contributed by atoms with Gasteiger partial charge in [0, 0.05) is 30.8 Å². The first-order valence-corrected chi connectivity index (χ1v) is 5.56. The lowest BCUT2D eigenvalue weighted by Gasteiger charge is -2.28. The Morgan fingerprint density at radius 3 is 2.71 bits per heavy atom. The molecule has 0 aliphatic carbocycles. The van der Waals surface area contributed by atoms with Crippen LogP contribution in [0, 0.1) is 0 Å². The van der Waals surface area contributed by atoms with Gasteiger partial charge in [-0.15, -0.1) is 12.4 Å². The fraction of sp³-hybridized carbons (Fsp3) is 0.444. The van der Waals surface area contributed by atoms with Crippen molar-refractivity contribution in [2.75, 3.05) is 35.2 Å². The van der Waals surface area contributed by atoms with E-state index in [1.807, 2.05) is 23.9 Å². The molecular formula is C9H14ClN3S. The molecule has 1 aliphatic rings. The summed E-state index contributed by atoms with van der Waals surface area (Å²) in [5, 5.41) is 0. The Morgan fingerprint density at radius 2 is 2.07 bits per heavy atom. The summed E-state index contributed by atoms with van der Waals surface area (Å²) in [5.41, 5.74) is 6.63. The van der Waals surface area contributed by atoms with Crippen molar-refractivity contribution in [3.8, 4) is 0 Å². The predicted molar refractivity (Wildman–Crippen MR) is 65.4 cm³/mol. The van der Waals surface area contributed by atoms with Crippen LogP contribution in [0.1, 0.15) is 0 Å². The minimum atomic E-state index is 0. The lowest BCUT2D eigenvalue weighted by atomic mass is 10.3. The highest BCUT2D eigenvalue weighted by atomic mass is 35.5. The van der Waals surface area contributed by atoms with E-state index < -0.39 is 0 Å². The van der Waals surface area contributed by atoms with Gasteiger partial charge >= 0.3 is 0 Å². The molecule has 0 amide bonds. The fourth-order valence-electron chi connectivity index (χ4n) is 1.45. The van der Waals surface area contributed by atoms with E-state index >= 15 is 0 Å². The lowest BCUT2D eigenvalue weighted by Crippen LogP contribution is -2.33. The number of pyridine rings is 1. The normalized spacial score (nSPS) is 16.1. The van der Waals surface area contributed by atoms with Gasteiger partial charge in [0.15, 0.2) is 5.82 Å². The van der Waals surface area contributed by atoms with E-state index in [0.29, 0.717) is 0 Å². The fourth-order valence-corrected chi connectivity index (χ4v) is 2.35. The van der Waals surface area contributed by atoms with Gasteiger partial charge in [-0.05, 0) is 12.1 Å². The smallest absolute Gasteiger partial charge is 0.151 e. The maximum Gasteiger partial charge on any atom is 0.151 e. The van der Waals surface area contributed by atoms with E-state index in [-0.39, 0.29) is 12.4 Å². The molecule has 78 valence electrons. The second-order valence-electron chi connectivity index (χ2n) is 3.02. The standard InChI is InChI=1S/C9H13N3S.ClH/c10-8-2-1-3-11-9(8)12-4-6-13-7-5-12;/h1-3H,4-7,10H2;1H. The van der Waals surface area contributed by atoms with Crippen LogP contribution in [0.15, 0.2) is 18.3 Å².